The Balaban J connectivity index is 1.55. The van der Waals surface area contributed by atoms with Gasteiger partial charge in [-0.15, -0.1) is 6.58 Å². The lowest BCUT2D eigenvalue weighted by Crippen LogP contribution is -2.41. The summed E-state index contributed by atoms with van der Waals surface area (Å²) in [5.41, 5.74) is 0. The molecule has 8 nitrogen and oxygen atoms in total. The zero-order chi connectivity index (χ0) is 23.9. The van der Waals surface area contributed by atoms with E-state index >= 15 is 0 Å². The highest BCUT2D eigenvalue weighted by Gasteiger charge is 2.34. The summed E-state index contributed by atoms with van der Waals surface area (Å²) in [5, 5.41) is 0. The van der Waals surface area contributed by atoms with E-state index in [1.54, 1.807) is 11.0 Å². The second kappa shape index (κ2) is 15.4. The van der Waals surface area contributed by atoms with Gasteiger partial charge in [0.25, 0.3) is 0 Å². The van der Waals surface area contributed by atoms with Crippen LogP contribution in [0.4, 0.5) is 0 Å². The molecule has 2 saturated heterocycles. The molecule has 0 aromatic heterocycles. The zero-order valence-corrected chi connectivity index (χ0v) is 19.6. The highest BCUT2D eigenvalue weighted by molar-refractivity contribution is 5.85. The van der Waals surface area contributed by atoms with Crippen molar-refractivity contribution in [1.29, 1.82) is 0 Å². The summed E-state index contributed by atoms with van der Waals surface area (Å²) in [6, 6.07) is -0.356. The number of hydrogen-bond donors (Lipinski definition) is 0. The summed E-state index contributed by atoms with van der Waals surface area (Å²) >= 11 is 0. The van der Waals surface area contributed by atoms with Crippen LogP contribution in [0.15, 0.2) is 37.5 Å². The van der Waals surface area contributed by atoms with Gasteiger partial charge in [-0.1, -0.05) is 30.9 Å². The number of hydrogen-bond acceptors (Lipinski definition) is 6. The van der Waals surface area contributed by atoms with Crippen molar-refractivity contribution in [2.45, 2.75) is 63.5 Å². The summed E-state index contributed by atoms with van der Waals surface area (Å²) in [6.45, 7) is 9.77. The lowest BCUT2D eigenvalue weighted by molar-refractivity contribution is -0.152. The predicted molar refractivity (Wildman–Crippen MR) is 125 cm³/mol. The summed E-state index contributed by atoms with van der Waals surface area (Å²) < 4.78 is 16.1. The number of ether oxygens (including phenoxy) is 3. The molecule has 0 aromatic rings. The minimum atomic E-state index is -0.477. The Morgan fingerprint density at radius 3 is 2.36 bits per heavy atom. The number of likely N-dealkylation sites (tertiary alicyclic amines) is 2. The number of allylic oxidation sites excluding steroid dienone is 2. The van der Waals surface area contributed by atoms with E-state index < -0.39 is 6.04 Å². The zero-order valence-electron chi connectivity index (χ0n) is 19.6. The Morgan fingerprint density at radius 1 is 0.848 bits per heavy atom. The van der Waals surface area contributed by atoms with Crippen molar-refractivity contribution < 1.29 is 28.6 Å². The number of carbonyl (C=O) groups is 3. The fourth-order valence-electron chi connectivity index (χ4n) is 4.15. The largest absolute Gasteiger partial charge is 0.460 e. The third-order valence-corrected chi connectivity index (χ3v) is 5.83. The van der Waals surface area contributed by atoms with Crippen molar-refractivity contribution in [3.8, 4) is 0 Å². The first-order valence-electron chi connectivity index (χ1n) is 11.9. The van der Waals surface area contributed by atoms with Gasteiger partial charge < -0.3 is 24.0 Å². The number of carbonyl (C=O) groups excluding carboxylic acids is 3. The Kier molecular flexibility index (Phi) is 12.5. The summed E-state index contributed by atoms with van der Waals surface area (Å²) in [4.78, 5) is 40.2. The van der Waals surface area contributed by atoms with Crippen LogP contribution < -0.4 is 0 Å². The molecule has 2 amide bonds. The Hall–Kier alpha value is -2.45. The maximum absolute atomic E-state index is 12.4. The van der Waals surface area contributed by atoms with E-state index in [1.165, 1.54) is 6.08 Å². The molecule has 0 radical (unpaired) electrons. The molecule has 0 N–H and O–H groups in total. The first kappa shape index (κ1) is 26.8. The van der Waals surface area contributed by atoms with Crippen molar-refractivity contribution in [3.63, 3.8) is 0 Å². The van der Waals surface area contributed by atoms with Gasteiger partial charge in [0, 0.05) is 25.9 Å². The van der Waals surface area contributed by atoms with E-state index in [0.717, 1.165) is 25.8 Å². The van der Waals surface area contributed by atoms with Crippen LogP contribution in [0.2, 0.25) is 0 Å². The van der Waals surface area contributed by atoms with E-state index in [2.05, 4.69) is 13.2 Å². The van der Waals surface area contributed by atoms with Crippen LogP contribution in [-0.2, 0) is 28.6 Å². The average molecular weight is 463 g/mol. The Labute approximate surface area is 197 Å². The molecule has 0 aromatic carbocycles. The lowest BCUT2D eigenvalue weighted by Gasteiger charge is -2.24. The fraction of sp³-hybridized carbons (Fsp3) is 0.640. The molecular weight excluding hydrogens is 424 g/mol. The van der Waals surface area contributed by atoms with E-state index in [-0.39, 0.29) is 37.2 Å². The van der Waals surface area contributed by atoms with Crippen molar-refractivity contribution in [2.75, 3.05) is 39.7 Å². The molecule has 2 fully saturated rings. The van der Waals surface area contributed by atoms with E-state index in [0.29, 0.717) is 51.9 Å². The minimum Gasteiger partial charge on any atom is -0.460 e. The third-order valence-electron chi connectivity index (χ3n) is 5.83. The normalized spacial score (nSPS) is 20.4. The predicted octanol–water partition coefficient (Wildman–Crippen LogP) is 2.99. The molecule has 2 atom stereocenters. The van der Waals surface area contributed by atoms with Crippen molar-refractivity contribution in [3.05, 3.63) is 37.5 Å². The van der Waals surface area contributed by atoms with Gasteiger partial charge in [0.2, 0.25) is 11.8 Å². The lowest BCUT2D eigenvalue weighted by atomic mass is 10.2. The number of esters is 1. The van der Waals surface area contributed by atoms with Crippen molar-refractivity contribution >= 4 is 17.8 Å². The standard InChI is InChI=1S/C25H38N2O6/c1-3-5-13-23(28)26-15-9-11-21(26)19-32-20-31-18-8-6-7-14-24(29)27-16-10-12-22(27)25(30)33-17-4-2/h3-4,6,8,21-22H,1-2,5,7,9-20H2/b8-6+. The van der Waals surface area contributed by atoms with Crippen LogP contribution in [0.25, 0.3) is 0 Å². The van der Waals surface area contributed by atoms with E-state index in [9.17, 15) is 14.4 Å². The molecule has 8 heteroatoms. The first-order valence-corrected chi connectivity index (χ1v) is 11.9. The first-order chi connectivity index (χ1) is 16.1. The molecule has 2 aliphatic rings. The van der Waals surface area contributed by atoms with Crippen LogP contribution in [0, 0.1) is 0 Å². The second-order valence-corrected chi connectivity index (χ2v) is 8.24. The SMILES string of the molecule is C=CCCC(=O)N1CCCC1COCOC/C=C/CCC(=O)N1CCCC1C(=O)OCC=C. The molecular formula is C25H38N2O6. The number of nitrogens with zero attached hydrogens (tertiary/aromatic N) is 2. The van der Waals surface area contributed by atoms with Gasteiger partial charge >= 0.3 is 5.97 Å². The molecule has 0 saturated carbocycles. The smallest absolute Gasteiger partial charge is 0.329 e. The van der Waals surface area contributed by atoms with Crippen LogP contribution in [-0.4, -0.2) is 79.4 Å². The fourth-order valence-corrected chi connectivity index (χ4v) is 4.15. The van der Waals surface area contributed by atoms with Crippen LogP contribution in [0.5, 0.6) is 0 Å². The van der Waals surface area contributed by atoms with Crippen LogP contribution >= 0.6 is 0 Å². The van der Waals surface area contributed by atoms with Crippen molar-refractivity contribution in [2.24, 2.45) is 0 Å². The number of rotatable bonds is 15. The highest BCUT2D eigenvalue weighted by Crippen LogP contribution is 2.20. The van der Waals surface area contributed by atoms with Crippen LogP contribution in [0.3, 0.4) is 0 Å². The Bertz CT molecular complexity index is 692. The minimum absolute atomic E-state index is 0.0364. The molecule has 0 bridgehead atoms. The maximum Gasteiger partial charge on any atom is 0.329 e. The average Bonchev–Trinajstić information content (AvgIpc) is 3.49. The van der Waals surface area contributed by atoms with Gasteiger partial charge in [0.05, 0.1) is 19.3 Å². The monoisotopic (exact) mass is 462 g/mol. The summed E-state index contributed by atoms with van der Waals surface area (Å²) in [6.07, 6.45) is 12.6. The molecule has 0 spiro atoms. The summed E-state index contributed by atoms with van der Waals surface area (Å²) in [7, 11) is 0. The van der Waals surface area contributed by atoms with Gasteiger partial charge in [-0.25, -0.2) is 4.79 Å². The van der Waals surface area contributed by atoms with Crippen molar-refractivity contribution in [1.82, 2.24) is 9.80 Å². The maximum atomic E-state index is 12.4. The van der Waals surface area contributed by atoms with E-state index in [1.807, 2.05) is 17.1 Å². The molecule has 33 heavy (non-hydrogen) atoms. The van der Waals surface area contributed by atoms with Gasteiger partial charge in [0.1, 0.15) is 19.4 Å². The van der Waals surface area contributed by atoms with Gasteiger partial charge in [-0.2, -0.15) is 0 Å². The Morgan fingerprint density at radius 2 is 1.58 bits per heavy atom. The molecule has 0 aliphatic carbocycles. The number of amides is 2. The third kappa shape index (κ3) is 9.14. The van der Waals surface area contributed by atoms with Gasteiger partial charge in [-0.3, -0.25) is 9.59 Å². The quantitative estimate of drug-likeness (QED) is 0.161. The van der Waals surface area contributed by atoms with Gasteiger partial charge in [-0.05, 0) is 38.5 Å². The molecule has 2 aliphatic heterocycles. The molecule has 2 unspecified atom stereocenters. The van der Waals surface area contributed by atoms with E-state index in [4.69, 9.17) is 14.2 Å². The molecule has 2 heterocycles. The van der Waals surface area contributed by atoms with Crippen LogP contribution in [0.1, 0.15) is 51.4 Å². The van der Waals surface area contributed by atoms with Gasteiger partial charge in [0.15, 0.2) is 0 Å². The second-order valence-electron chi connectivity index (χ2n) is 8.24. The molecule has 184 valence electrons. The topological polar surface area (TPSA) is 85.4 Å². The highest BCUT2D eigenvalue weighted by atomic mass is 16.7. The molecule has 2 rings (SSSR count). The summed E-state index contributed by atoms with van der Waals surface area (Å²) in [5.74, 6) is -0.231.